The van der Waals surface area contributed by atoms with Crippen LogP contribution in [-0.4, -0.2) is 74.7 Å². The molecule has 1 amide bonds. The van der Waals surface area contributed by atoms with Crippen molar-refractivity contribution < 1.29 is 9.53 Å². The Bertz CT molecular complexity index is 279. The number of carbonyl (C=O) groups excluding carboxylic acids is 1. The van der Waals surface area contributed by atoms with Crippen LogP contribution < -0.4 is 5.32 Å². The van der Waals surface area contributed by atoms with Gasteiger partial charge in [0.05, 0.1) is 19.3 Å². The topological polar surface area (TPSA) is 44.8 Å². The normalized spacial score (nSPS) is 19.4. The monoisotopic (exact) mass is 285 g/mol. The first-order valence-electron chi connectivity index (χ1n) is 7.67. The molecule has 5 heteroatoms. The third kappa shape index (κ3) is 6.20. The van der Waals surface area contributed by atoms with E-state index >= 15 is 0 Å². The summed E-state index contributed by atoms with van der Waals surface area (Å²) in [7, 11) is 4.15. The van der Waals surface area contributed by atoms with Gasteiger partial charge in [-0.25, -0.2) is 0 Å². The van der Waals surface area contributed by atoms with Gasteiger partial charge in [0.25, 0.3) is 0 Å². The number of amides is 1. The predicted molar refractivity (Wildman–Crippen MR) is 81.8 cm³/mol. The zero-order valence-corrected chi connectivity index (χ0v) is 13.7. The molecule has 0 aliphatic carbocycles. The summed E-state index contributed by atoms with van der Waals surface area (Å²) < 4.78 is 5.30. The van der Waals surface area contributed by atoms with Crippen LogP contribution in [-0.2, 0) is 9.53 Å². The molecule has 0 saturated carbocycles. The van der Waals surface area contributed by atoms with E-state index in [0.29, 0.717) is 38.3 Å². The third-order valence-corrected chi connectivity index (χ3v) is 3.52. The molecule has 1 rings (SSSR count). The maximum Gasteiger partial charge on any atom is 0.239 e. The highest BCUT2D eigenvalue weighted by molar-refractivity contribution is 5.81. The number of nitrogens with one attached hydrogen (secondary N) is 1. The van der Waals surface area contributed by atoms with E-state index < -0.39 is 0 Å². The summed E-state index contributed by atoms with van der Waals surface area (Å²) in [5.41, 5.74) is 0. The molecule has 1 N–H and O–H groups in total. The molecule has 2 unspecified atom stereocenters. The first-order valence-corrected chi connectivity index (χ1v) is 7.67. The summed E-state index contributed by atoms with van der Waals surface area (Å²) in [6.45, 7) is 10.1. The highest BCUT2D eigenvalue weighted by atomic mass is 16.5. The Hall–Kier alpha value is -0.650. The number of ether oxygens (including phenoxy) is 1. The lowest BCUT2D eigenvalue weighted by molar-refractivity contribution is -0.137. The van der Waals surface area contributed by atoms with Gasteiger partial charge in [0.15, 0.2) is 0 Å². The Morgan fingerprint density at radius 1 is 1.25 bits per heavy atom. The van der Waals surface area contributed by atoms with Gasteiger partial charge in [0, 0.05) is 25.7 Å². The fourth-order valence-electron chi connectivity index (χ4n) is 2.69. The van der Waals surface area contributed by atoms with E-state index in [1.165, 1.54) is 0 Å². The van der Waals surface area contributed by atoms with E-state index in [0.717, 1.165) is 13.0 Å². The lowest BCUT2D eigenvalue weighted by Gasteiger charge is -2.32. The molecule has 1 aliphatic heterocycles. The second-order valence-corrected chi connectivity index (χ2v) is 6.41. The van der Waals surface area contributed by atoms with Crippen molar-refractivity contribution >= 4 is 5.91 Å². The Balaban J connectivity index is 2.50. The molecule has 2 atom stereocenters. The van der Waals surface area contributed by atoms with Gasteiger partial charge < -0.3 is 19.9 Å². The van der Waals surface area contributed by atoms with Crippen molar-refractivity contribution in [1.29, 1.82) is 0 Å². The molecule has 0 aromatic heterocycles. The fourth-order valence-corrected chi connectivity index (χ4v) is 2.69. The first-order chi connectivity index (χ1) is 9.40. The minimum absolute atomic E-state index is 0.128. The molecule has 0 aromatic carbocycles. The zero-order valence-electron chi connectivity index (χ0n) is 13.7. The number of likely N-dealkylation sites (N-methyl/N-ethyl adjacent to an activating group) is 1. The van der Waals surface area contributed by atoms with Gasteiger partial charge in [-0.15, -0.1) is 0 Å². The van der Waals surface area contributed by atoms with Gasteiger partial charge in [-0.1, -0.05) is 13.8 Å². The molecule has 0 bridgehead atoms. The fraction of sp³-hybridized carbons (Fsp3) is 0.933. The molecule has 20 heavy (non-hydrogen) atoms. The van der Waals surface area contributed by atoms with Gasteiger partial charge in [-0.3, -0.25) is 4.79 Å². The average Bonchev–Trinajstić information content (AvgIpc) is 2.37. The number of hydrogen-bond acceptors (Lipinski definition) is 4. The van der Waals surface area contributed by atoms with Crippen molar-refractivity contribution in [2.24, 2.45) is 5.92 Å². The molecular formula is C15H31N3O2. The van der Waals surface area contributed by atoms with Crippen molar-refractivity contribution in [2.45, 2.75) is 39.3 Å². The van der Waals surface area contributed by atoms with E-state index in [4.69, 9.17) is 4.74 Å². The summed E-state index contributed by atoms with van der Waals surface area (Å²) in [6, 6.07) is 0.224. The van der Waals surface area contributed by atoms with Gasteiger partial charge in [0.1, 0.15) is 0 Å². The largest absolute Gasteiger partial charge is 0.378 e. The Morgan fingerprint density at radius 2 is 1.85 bits per heavy atom. The lowest BCUT2D eigenvalue weighted by Crippen LogP contribution is -2.53. The van der Waals surface area contributed by atoms with E-state index in [9.17, 15) is 4.79 Å². The van der Waals surface area contributed by atoms with Crippen molar-refractivity contribution in [1.82, 2.24) is 15.1 Å². The molecule has 118 valence electrons. The van der Waals surface area contributed by atoms with Gasteiger partial charge in [-0.2, -0.15) is 0 Å². The van der Waals surface area contributed by atoms with Crippen molar-refractivity contribution in [3.63, 3.8) is 0 Å². The van der Waals surface area contributed by atoms with Crippen LogP contribution in [0.3, 0.4) is 0 Å². The second kappa shape index (κ2) is 8.60. The summed E-state index contributed by atoms with van der Waals surface area (Å²) >= 11 is 0. The molecule has 0 aromatic rings. The summed E-state index contributed by atoms with van der Waals surface area (Å²) in [6.07, 6.45) is 1.08. The van der Waals surface area contributed by atoms with Crippen LogP contribution in [0.15, 0.2) is 0 Å². The summed E-state index contributed by atoms with van der Waals surface area (Å²) in [5, 5.41) is 3.50. The van der Waals surface area contributed by atoms with Crippen molar-refractivity contribution in [3.8, 4) is 0 Å². The highest BCUT2D eigenvalue weighted by Crippen LogP contribution is 2.08. The molecule has 1 saturated heterocycles. The number of carbonyl (C=O) groups is 1. The second-order valence-electron chi connectivity index (χ2n) is 6.41. The average molecular weight is 285 g/mol. The Kier molecular flexibility index (Phi) is 7.48. The molecule has 5 nitrogen and oxygen atoms in total. The van der Waals surface area contributed by atoms with Crippen molar-refractivity contribution in [2.75, 3.05) is 46.9 Å². The highest BCUT2D eigenvalue weighted by Gasteiger charge is 2.24. The number of hydrogen-bond donors (Lipinski definition) is 1. The van der Waals surface area contributed by atoms with Crippen molar-refractivity contribution in [3.05, 3.63) is 0 Å². The Morgan fingerprint density at radius 3 is 2.35 bits per heavy atom. The van der Waals surface area contributed by atoms with Gasteiger partial charge in [-0.05, 0) is 33.4 Å². The molecular weight excluding hydrogens is 254 g/mol. The predicted octanol–water partition coefficient (Wildman–Crippen LogP) is 0.800. The number of rotatable bonds is 7. The molecule has 1 fully saturated rings. The van der Waals surface area contributed by atoms with Gasteiger partial charge >= 0.3 is 0 Å². The van der Waals surface area contributed by atoms with Crippen LogP contribution in [0.4, 0.5) is 0 Å². The third-order valence-electron chi connectivity index (χ3n) is 3.52. The summed E-state index contributed by atoms with van der Waals surface area (Å²) in [5.74, 6) is 0.818. The lowest BCUT2D eigenvalue weighted by atomic mass is 10.0. The van der Waals surface area contributed by atoms with Crippen LogP contribution in [0.2, 0.25) is 0 Å². The maximum atomic E-state index is 12.4. The first kappa shape index (κ1) is 17.4. The number of nitrogens with zero attached hydrogens (tertiary/aromatic N) is 2. The smallest absolute Gasteiger partial charge is 0.239 e. The van der Waals surface area contributed by atoms with Crippen LogP contribution in [0.25, 0.3) is 0 Å². The van der Waals surface area contributed by atoms with Crippen LogP contribution in [0.1, 0.15) is 27.2 Å². The van der Waals surface area contributed by atoms with E-state index in [1.54, 1.807) is 0 Å². The SMILES string of the molecule is CC(C)CC(CN(C)C)NC(C)C(=O)N1CCOCC1. The Labute approximate surface area is 123 Å². The molecule has 0 radical (unpaired) electrons. The molecule has 0 spiro atoms. The van der Waals surface area contributed by atoms with Gasteiger partial charge in [0.2, 0.25) is 5.91 Å². The van der Waals surface area contributed by atoms with E-state index in [-0.39, 0.29) is 11.9 Å². The number of morpholine rings is 1. The minimum Gasteiger partial charge on any atom is -0.378 e. The van der Waals surface area contributed by atoms with E-state index in [2.05, 4.69) is 38.2 Å². The van der Waals surface area contributed by atoms with Crippen LogP contribution in [0.5, 0.6) is 0 Å². The molecule has 1 aliphatic rings. The quantitative estimate of drug-likeness (QED) is 0.751. The maximum absolute atomic E-state index is 12.4. The zero-order chi connectivity index (χ0) is 15.1. The molecule has 1 heterocycles. The summed E-state index contributed by atoms with van der Waals surface area (Å²) in [4.78, 5) is 16.5. The van der Waals surface area contributed by atoms with Crippen LogP contribution in [0, 0.1) is 5.92 Å². The van der Waals surface area contributed by atoms with E-state index in [1.807, 2.05) is 11.8 Å². The minimum atomic E-state index is -0.128. The van der Waals surface area contributed by atoms with Crippen LogP contribution >= 0.6 is 0 Å². The standard InChI is InChI=1S/C15H31N3O2/c1-12(2)10-14(11-17(4)5)16-13(3)15(19)18-6-8-20-9-7-18/h12-14,16H,6-11H2,1-5H3.